The Morgan fingerprint density at radius 1 is 1.46 bits per heavy atom. The van der Waals surface area contributed by atoms with Crippen LogP contribution in [0.15, 0.2) is 0 Å². The van der Waals surface area contributed by atoms with E-state index in [2.05, 4.69) is 0 Å². The molecule has 1 aliphatic heterocycles. The zero-order valence-electron chi connectivity index (χ0n) is 8.25. The zero-order chi connectivity index (χ0) is 9.52. The van der Waals surface area contributed by atoms with Gasteiger partial charge in [0.2, 0.25) is 0 Å². The standard InChI is InChI=1S/C10H18O3/c1-9(11)3-2-6-13-10-4-7-12-8-5-10/h10H,2-8H2,1H3. The molecule has 0 bridgehead atoms. The fraction of sp³-hybridized carbons (Fsp3) is 0.900. The van der Waals surface area contributed by atoms with Crippen molar-refractivity contribution in [3.8, 4) is 0 Å². The fourth-order valence-corrected chi connectivity index (χ4v) is 1.41. The van der Waals surface area contributed by atoms with Gasteiger partial charge in [-0.2, -0.15) is 0 Å². The monoisotopic (exact) mass is 186 g/mol. The van der Waals surface area contributed by atoms with Crippen molar-refractivity contribution < 1.29 is 14.3 Å². The van der Waals surface area contributed by atoms with Gasteiger partial charge in [-0.05, 0) is 26.2 Å². The van der Waals surface area contributed by atoms with Gasteiger partial charge in [0.1, 0.15) is 5.78 Å². The minimum atomic E-state index is 0.246. The molecule has 0 radical (unpaired) electrons. The molecule has 0 spiro atoms. The normalized spacial score (nSPS) is 18.8. The molecular formula is C10H18O3. The highest BCUT2D eigenvalue weighted by atomic mass is 16.5. The van der Waals surface area contributed by atoms with E-state index in [1.165, 1.54) is 0 Å². The van der Waals surface area contributed by atoms with Crippen molar-refractivity contribution in [3.05, 3.63) is 0 Å². The predicted octanol–water partition coefficient (Wildman–Crippen LogP) is 1.55. The van der Waals surface area contributed by atoms with Gasteiger partial charge in [-0.25, -0.2) is 0 Å². The Kier molecular flexibility index (Phi) is 5.01. The SMILES string of the molecule is CC(=O)CCCOC1CCOCC1. The fourth-order valence-electron chi connectivity index (χ4n) is 1.41. The van der Waals surface area contributed by atoms with Gasteiger partial charge in [0.15, 0.2) is 0 Å². The molecule has 0 amide bonds. The summed E-state index contributed by atoms with van der Waals surface area (Å²) in [4.78, 5) is 10.6. The van der Waals surface area contributed by atoms with Crippen molar-refractivity contribution in [1.82, 2.24) is 0 Å². The predicted molar refractivity (Wildman–Crippen MR) is 49.7 cm³/mol. The molecule has 0 aromatic heterocycles. The summed E-state index contributed by atoms with van der Waals surface area (Å²) in [7, 11) is 0. The van der Waals surface area contributed by atoms with Crippen LogP contribution in [0.5, 0.6) is 0 Å². The molecule has 0 N–H and O–H groups in total. The smallest absolute Gasteiger partial charge is 0.129 e. The Balaban J connectivity index is 1.95. The van der Waals surface area contributed by atoms with E-state index in [1.807, 2.05) is 0 Å². The first-order valence-corrected chi connectivity index (χ1v) is 4.98. The quantitative estimate of drug-likeness (QED) is 0.611. The largest absolute Gasteiger partial charge is 0.381 e. The molecule has 0 aromatic rings. The minimum absolute atomic E-state index is 0.246. The van der Waals surface area contributed by atoms with Crippen LogP contribution in [0, 0.1) is 0 Å². The van der Waals surface area contributed by atoms with Gasteiger partial charge in [0.25, 0.3) is 0 Å². The molecule has 1 saturated heterocycles. The van der Waals surface area contributed by atoms with Crippen LogP contribution in [-0.4, -0.2) is 31.7 Å². The Morgan fingerprint density at radius 3 is 2.77 bits per heavy atom. The van der Waals surface area contributed by atoms with Crippen molar-refractivity contribution >= 4 is 5.78 Å². The highest BCUT2D eigenvalue weighted by Gasteiger charge is 2.13. The molecule has 0 atom stereocenters. The number of Topliss-reactive ketones (excluding diaryl/α,β-unsaturated/α-hetero) is 1. The molecule has 1 aliphatic rings. The maximum absolute atomic E-state index is 10.6. The Labute approximate surface area is 79.4 Å². The van der Waals surface area contributed by atoms with Gasteiger partial charge in [-0.1, -0.05) is 0 Å². The summed E-state index contributed by atoms with van der Waals surface area (Å²) in [6.45, 7) is 3.97. The number of ketones is 1. The Bertz CT molecular complexity index is 150. The number of rotatable bonds is 5. The minimum Gasteiger partial charge on any atom is -0.381 e. The van der Waals surface area contributed by atoms with E-state index < -0.39 is 0 Å². The molecule has 1 fully saturated rings. The van der Waals surface area contributed by atoms with Gasteiger partial charge < -0.3 is 14.3 Å². The molecule has 1 rings (SSSR count). The topological polar surface area (TPSA) is 35.5 Å². The lowest BCUT2D eigenvalue weighted by Gasteiger charge is -2.22. The Hall–Kier alpha value is -0.410. The maximum atomic E-state index is 10.6. The summed E-state index contributed by atoms with van der Waals surface area (Å²) >= 11 is 0. The summed E-state index contributed by atoms with van der Waals surface area (Å²) in [5.74, 6) is 0.246. The molecule has 0 saturated carbocycles. The maximum Gasteiger partial charge on any atom is 0.129 e. The number of ether oxygens (including phenoxy) is 2. The first kappa shape index (κ1) is 10.7. The summed E-state index contributed by atoms with van der Waals surface area (Å²) in [6.07, 6.45) is 3.86. The highest BCUT2D eigenvalue weighted by Crippen LogP contribution is 2.10. The van der Waals surface area contributed by atoms with E-state index >= 15 is 0 Å². The van der Waals surface area contributed by atoms with Gasteiger partial charge >= 0.3 is 0 Å². The molecule has 76 valence electrons. The van der Waals surface area contributed by atoms with Crippen molar-refractivity contribution in [2.75, 3.05) is 19.8 Å². The average Bonchev–Trinajstić information content (AvgIpc) is 2.14. The third-order valence-corrected chi connectivity index (χ3v) is 2.20. The first-order chi connectivity index (χ1) is 6.29. The number of hydrogen-bond acceptors (Lipinski definition) is 3. The Morgan fingerprint density at radius 2 is 2.15 bits per heavy atom. The van der Waals surface area contributed by atoms with E-state index in [1.54, 1.807) is 6.92 Å². The van der Waals surface area contributed by atoms with Crippen LogP contribution >= 0.6 is 0 Å². The lowest BCUT2D eigenvalue weighted by atomic mass is 10.1. The van der Waals surface area contributed by atoms with Gasteiger partial charge in [0.05, 0.1) is 6.10 Å². The van der Waals surface area contributed by atoms with E-state index in [-0.39, 0.29) is 5.78 Å². The van der Waals surface area contributed by atoms with Crippen molar-refractivity contribution in [3.63, 3.8) is 0 Å². The van der Waals surface area contributed by atoms with E-state index in [4.69, 9.17) is 9.47 Å². The lowest BCUT2D eigenvalue weighted by molar-refractivity contribution is -0.117. The van der Waals surface area contributed by atoms with Crippen LogP contribution in [0.25, 0.3) is 0 Å². The highest BCUT2D eigenvalue weighted by molar-refractivity contribution is 5.75. The first-order valence-electron chi connectivity index (χ1n) is 4.98. The summed E-state index contributed by atoms with van der Waals surface area (Å²) < 4.78 is 10.8. The number of carbonyl (C=O) groups excluding carboxylic acids is 1. The second-order valence-electron chi connectivity index (χ2n) is 3.49. The zero-order valence-corrected chi connectivity index (χ0v) is 8.25. The average molecular weight is 186 g/mol. The molecule has 1 heterocycles. The van der Waals surface area contributed by atoms with Crippen LogP contribution in [-0.2, 0) is 14.3 Å². The second-order valence-corrected chi connectivity index (χ2v) is 3.49. The molecular weight excluding hydrogens is 168 g/mol. The summed E-state index contributed by atoms with van der Waals surface area (Å²) in [5.41, 5.74) is 0. The van der Waals surface area contributed by atoms with Crippen LogP contribution < -0.4 is 0 Å². The summed E-state index contributed by atoms with van der Waals surface area (Å²) in [6, 6.07) is 0. The van der Waals surface area contributed by atoms with Crippen LogP contribution in [0.1, 0.15) is 32.6 Å². The number of carbonyl (C=O) groups is 1. The molecule has 3 nitrogen and oxygen atoms in total. The third kappa shape index (κ3) is 5.01. The van der Waals surface area contributed by atoms with E-state index in [0.717, 1.165) is 32.5 Å². The van der Waals surface area contributed by atoms with Crippen LogP contribution in [0.2, 0.25) is 0 Å². The lowest BCUT2D eigenvalue weighted by Crippen LogP contribution is -2.23. The molecule has 13 heavy (non-hydrogen) atoms. The summed E-state index contributed by atoms with van der Waals surface area (Å²) in [5, 5.41) is 0. The van der Waals surface area contributed by atoms with E-state index in [9.17, 15) is 4.79 Å². The van der Waals surface area contributed by atoms with Gasteiger partial charge in [0, 0.05) is 26.2 Å². The molecule has 0 aromatic carbocycles. The van der Waals surface area contributed by atoms with Crippen molar-refractivity contribution in [2.45, 2.75) is 38.7 Å². The van der Waals surface area contributed by atoms with E-state index in [0.29, 0.717) is 19.1 Å². The molecule has 0 aliphatic carbocycles. The number of hydrogen-bond donors (Lipinski definition) is 0. The van der Waals surface area contributed by atoms with Crippen molar-refractivity contribution in [2.24, 2.45) is 0 Å². The van der Waals surface area contributed by atoms with Crippen molar-refractivity contribution in [1.29, 1.82) is 0 Å². The third-order valence-electron chi connectivity index (χ3n) is 2.20. The van der Waals surface area contributed by atoms with Gasteiger partial charge in [-0.15, -0.1) is 0 Å². The molecule has 0 unspecified atom stereocenters. The van der Waals surface area contributed by atoms with Gasteiger partial charge in [-0.3, -0.25) is 0 Å². The van der Waals surface area contributed by atoms with Crippen LogP contribution in [0.4, 0.5) is 0 Å². The van der Waals surface area contributed by atoms with Crippen LogP contribution in [0.3, 0.4) is 0 Å². The molecule has 3 heteroatoms. The second kappa shape index (κ2) is 6.11.